The second-order valence-electron chi connectivity index (χ2n) is 7.89. The van der Waals surface area contributed by atoms with Crippen LogP contribution >= 0.6 is 11.3 Å². The van der Waals surface area contributed by atoms with Crippen LogP contribution in [0, 0.1) is 0 Å². The number of β-amino-alcohol motifs (C(OH)–C–C–N with tert-alkyl or cyclic N) is 1. The van der Waals surface area contributed by atoms with Crippen molar-refractivity contribution in [2.75, 3.05) is 19.7 Å². The number of aliphatic hydroxyl groups excluding tert-OH is 1. The van der Waals surface area contributed by atoms with Gasteiger partial charge in [0.05, 0.1) is 0 Å². The van der Waals surface area contributed by atoms with Crippen molar-refractivity contribution < 1.29 is 9.84 Å². The third-order valence-corrected chi connectivity index (χ3v) is 6.73. The van der Waals surface area contributed by atoms with Crippen LogP contribution < -0.4 is 4.74 Å². The van der Waals surface area contributed by atoms with Gasteiger partial charge in [-0.05, 0) is 46.7 Å². The molecule has 1 aliphatic rings. The lowest BCUT2D eigenvalue weighted by atomic mass is 10.00. The first-order chi connectivity index (χ1) is 14.8. The van der Waals surface area contributed by atoms with Crippen LogP contribution in [0.3, 0.4) is 0 Å². The van der Waals surface area contributed by atoms with Gasteiger partial charge in [0.2, 0.25) is 0 Å². The van der Waals surface area contributed by atoms with E-state index < -0.39 is 6.10 Å². The van der Waals surface area contributed by atoms with E-state index in [-0.39, 0.29) is 0 Å². The molecule has 30 heavy (non-hydrogen) atoms. The van der Waals surface area contributed by atoms with Crippen molar-refractivity contribution >= 4 is 21.4 Å². The lowest BCUT2D eigenvalue weighted by Crippen LogP contribution is -2.38. The topological polar surface area (TPSA) is 32.7 Å². The highest BCUT2D eigenvalue weighted by Crippen LogP contribution is 2.34. The van der Waals surface area contributed by atoms with Crippen molar-refractivity contribution in [1.82, 2.24) is 4.90 Å². The smallest absolute Gasteiger partial charge is 0.119 e. The van der Waals surface area contributed by atoms with Crippen LogP contribution in [0.2, 0.25) is 0 Å². The van der Waals surface area contributed by atoms with Crippen LogP contribution in [0.4, 0.5) is 0 Å². The van der Waals surface area contributed by atoms with Crippen LogP contribution in [-0.2, 0) is 13.0 Å². The number of hydrogen-bond donors (Lipinski definition) is 1. The Balaban J connectivity index is 1.17. The summed E-state index contributed by atoms with van der Waals surface area (Å²) in [6.07, 6.45) is 0.540. The highest BCUT2D eigenvalue weighted by Gasteiger charge is 2.18. The number of hydrogen-bond acceptors (Lipinski definition) is 4. The summed E-state index contributed by atoms with van der Waals surface area (Å²) in [7, 11) is 0. The molecule has 4 aromatic rings. The molecule has 2 heterocycles. The molecule has 5 rings (SSSR count). The van der Waals surface area contributed by atoms with E-state index in [1.165, 1.54) is 32.3 Å². The van der Waals surface area contributed by atoms with Gasteiger partial charge in [0.15, 0.2) is 0 Å². The van der Waals surface area contributed by atoms with Gasteiger partial charge in [0.1, 0.15) is 18.5 Å². The zero-order valence-corrected chi connectivity index (χ0v) is 17.6. The first-order valence-electron chi connectivity index (χ1n) is 10.4. The van der Waals surface area contributed by atoms with E-state index >= 15 is 0 Å². The number of benzene rings is 3. The van der Waals surface area contributed by atoms with Crippen LogP contribution in [-0.4, -0.2) is 35.8 Å². The maximum Gasteiger partial charge on any atom is 0.119 e. The molecule has 1 aromatic heterocycles. The predicted octanol–water partition coefficient (Wildman–Crippen LogP) is 5.37. The van der Waals surface area contributed by atoms with Crippen LogP contribution in [0.15, 0.2) is 78.2 Å². The standard InChI is InChI=1S/C26H25NO2S/c28-22(16-27-14-13-19-5-1-2-6-21(19)15-27)17-29-23-11-9-20(10-12-23)25-18-30-26-8-4-3-7-24(25)26/h1-12,18,22,28H,13-17H2. The Labute approximate surface area is 181 Å². The first-order valence-corrected chi connectivity index (χ1v) is 11.3. The Hall–Kier alpha value is -2.66. The Morgan fingerprint density at radius 1 is 0.933 bits per heavy atom. The minimum atomic E-state index is -0.504. The SMILES string of the molecule is OC(COc1ccc(-c2csc3ccccc23)cc1)CN1CCc2ccccc2C1. The van der Waals surface area contributed by atoms with Gasteiger partial charge < -0.3 is 9.84 Å². The molecule has 1 atom stereocenters. The predicted molar refractivity (Wildman–Crippen MR) is 124 cm³/mol. The highest BCUT2D eigenvalue weighted by molar-refractivity contribution is 7.17. The molecule has 0 spiro atoms. The summed E-state index contributed by atoms with van der Waals surface area (Å²) < 4.78 is 7.17. The molecule has 0 saturated heterocycles. The maximum absolute atomic E-state index is 10.5. The van der Waals surface area contributed by atoms with Crippen molar-refractivity contribution in [1.29, 1.82) is 0 Å². The summed E-state index contributed by atoms with van der Waals surface area (Å²) in [4.78, 5) is 2.31. The average molecular weight is 416 g/mol. The molecule has 3 nitrogen and oxygen atoms in total. The Morgan fingerprint density at radius 3 is 2.57 bits per heavy atom. The fraction of sp³-hybridized carbons (Fsp3) is 0.231. The van der Waals surface area contributed by atoms with E-state index in [9.17, 15) is 5.11 Å². The number of rotatable bonds is 6. The molecule has 0 bridgehead atoms. The van der Waals surface area contributed by atoms with E-state index in [0.29, 0.717) is 13.2 Å². The van der Waals surface area contributed by atoms with Gasteiger partial charge in [0, 0.05) is 35.3 Å². The van der Waals surface area contributed by atoms with Crippen LogP contribution in [0.25, 0.3) is 21.2 Å². The van der Waals surface area contributed by atoms with Gasteiger partial charge in [-0.3, -0.25) is 4.90 Å². The average Bonchev–Trinajstić information content (AvgIpc) is 3.22. The maximum atomic E-state index is 10.5. The van der Waals surface area contributed by atoms with E-state index in [4.69, 9.17) is 4.74 Å². The van der Waals surface area contributed by atoms with Gasteiger partial charge >= 0.3 is 0 Å². The van der Waals surface area contributed by atoms with E-state index in [0.717, 1.165) is 25.3 Å². The Kier molecular flexibility index (Phi) is 5.54. The molecular weight excluding hydrogens is 390 g/mol. The Morgan fingerprint density at radius 2 is 1.70 bits per heavy atom. The molecule has 0 saturated carbocycles. The lowest BCUT2D eigenvalue weighted by Gasteiger charge is -2.30. The molecule has 0 radical (unpaired) electrons. The summed E-state index contributed by atoms with van der Waals surface area (Å²) in [5.74, 6) is 0.793. The minimum Gasteiger partial charge on any atom is -0.491 e. The van der Waals surface area contributed by atoms with E-state index in [1.54, 1.807) is 11.3 Å². The lowest BCUT2D eigenvalue weighted by molar-refractivity contribution is 0.0638. The molecule has 1 aliphatic heterocycles. The van der Waals surface area contributed by atoms with Gasteiger partial charge in [-0.15, -0.1) is 11.3 Å². The minimum absolute atomic E-state index is 0.304. The van der Waals surface area contributed by atoms with Gasteiger partial charge in [-0.1, -0.05) is 54.6 Å². The largest absolute Gasteiger partial charge is 0.491 e. The molecular formula is C26H25NO2S. The second kappa shape index (κ2) is 8.60. The summed E-state index contributed by atoms with van der Waals surface area (Å²) in [5.41, 5.74) is 5.24. The number of nitrogens with zero attached hydrogens (tertiary/aromatic N) is 1. The van der Waals surface area contributed by atoms with Gasteiger partial charge in [-0.25, -0.2) is 0 Å². The number of thiophene rings is 1. The zero-order chi connectivity index (χ0) is 20.3. The number of ether oxygens (including phenoxy) is 1. The van der Waals surface area contributed by atoms with Gasteiger partial charge in [-0.2, -0.15) is 0 Å². The zero-order valence-electron chi connectivity index (χ0n) is 16.8. The highest BCUT2D eigenvalue weighted by atomic mass is 32.1. The summed E-state index contributed by atoms with van der Waals surface area (Å²) in [5, 5.41) is 14.0. The fourth-order valence-electron chi connectivity index (χ4n) is 4.19. The quantitative estimate of drug-likeness (QED) is 0.460. The fourth-order valence-corrected chi connectivity index (χ4v) is 5.16. The van der Waals surface area contributed by atoms with E-state index in [2.05, 4.69) is 70.9 Å². The second-order valence-corrected chi connectivity index (χ2v) is 8.80. The first kappa shape index (κ1) is 19.3. The molecule has 1 N–H and O–H groups in total. The molecule has 1 unspecified atom stereocenters. The van der Waals surface area contributed by atoms with Crippen molar-refractivity contribution in [3.8, 4) is 16.9 Å². The van der Waals surface area contributed by atoms with Gasteiger partial charge in [0.25, 0.3) is 0 Å². The molecule has 0 amide bonds. The molecule has 0 aliphatic carbocycles. The summed E-state index contributed by atoms with van der Waals surface area (Å²) in [6.45, 7) is 2.82. The third kappa shape index (κ3) is 4.12. The molecule has 0 fully saturated rings. The third-order valence-electron chi connectivity index (χ3n) is 5.77. The van der Waals surface area contributed by atoms with E-state index in [1.807, 2.05) is 12.1 Å². The summed E-state index contributed by atoms with van der Waals surface area (Å²) in [6, 6.07) is 25.2. The number of fused-ring (bicyclic) bond motifs is 2. The van der Waals surface area contributed by atoms with Crippen molar-refractivity contribution in [3.63, 3.8) is 0 Å². The van der Waals surface area contributed by atoms with Crippen molar-refractivity contribution in [2.45, 2.75) is 19.1 Å². The number of aliphatic hydroxyl groups is 1. The van der Waals surface area contributed by atoms with Crippen LogP contribution in [0.1, 0.15) is 11.1 Å². The monoisotopic (exact) mass is 415 g/mol. The van der Waals surface area contributed by atoms with Crippen molar-refractivity contribution in [2.24, 2.45) is 0 Å². The molecule has 4 heteroatoms. The Bertz CT molecular complexity index is 1140. The normalized spacial score (nSPS) is 15.1. The van der Waals surface area contributed by atoms with Crippen LogP contribution in [0.5, 0.6) is 5.75 Å². The molecule has 152 valence electrons. The van der Waals surface area contributed by atoms with Crippen molar-refractivity contribution in [3.05, 3.63) is 89.3 Å². The molecule has 3 aromatic carbocycles. The summed E-state index contributed by atoms with van der Waals surface area (Å²) >= 11 is 1.77.